The first kappa shape index (κ1) is 16.2. The highest BCUT2D eigenvalue weighted by molar-refractivity contribution is 7.88. The SMILES string of the molecule is CN(CCCC#Cc1cccc(C(=O)O)c1)S(C)(=O)=O. The number of carbonyl (C=O) groups is 1. The second-order valence-electron chi connectivity index (χ2n) is 4.38. The molecule has 5 nitrogen and oxygen atoms in total. The average Bonchev–Trinajstić information content (AvgIpc) is 2.37. The van der Waals surface area contributed by atoms with Crippen LogP contribution in [0.4, 0.5) is 0 Å². The van der Waals surface area contributed by atoms with Gasteiger partial charge in [-0.1, -0.05) is 17.9 Å². The summed E-state index contributed by atoms with van der Waals surface area (Å²) in [6, 6.07) is 6.40. The molecule has 0 spiro atoms. The first-order chi connectivity index (χ1) is 9.30. The molecule has 20 heavy (non-hydrogen) atoms. The van der Waals surface area contributed by atoms with Gasteiger partial charge in [-0.15, -0.1) is 0 Å². The van der Waals surface area contributed by atoms with Crippen LogP contribution in [0.1, 0.15) is 28.8 Å². The number of sulfonamides is 1. The molecule has 6 heteroatoms. The van der Waals surface area contributed by atoms with Crippen molar-refractivity contribution < 1.29 is 18.3 Å². The van der Waals surface area contributed by atoms with Crippen LogP contribution in [0.25, 0.3) is 0 Å². The smallest absolute Gasteiger partial charge is 0.335 e. The highest BCUT2D eigenvalue weighted by Crippen LogP contribution is 2.04. The number of hydrogen-bond donors (Lipinski definition) is 1. The van der Waals surface area contributed by atoms with Crippen LogP contribution in [0.3, 0.4) is 0 Å². The zero-order chi connectivity index (χ0) is 15.2. The summed E-state index contributed by atoms with van der Waals surface area (Å²) in [6.07, 6.45) is 2.35. The Balaban J connectivity index is 2.51. The van der Waals surface area contributed by atoms with E-state index < -0.39 is 16.0 Å². The maximum atomic E-state index is 11.2. The van der Waals surface area contributed by atoms with Crippen LogP contribution in [0.15, 0.2) is 24.3 Å². The topological polar surface area (TPSA) is 74.7 Å². The van der Waals surface area contributed by atoms with E-state index in [0.29, 0.717) is 24.9 Å². The second-order valence-corrected chi connectivity index (χ2v) is 6.47. The fourth-order valence-electron chi connectivity index (χ4n) is 1.45. The summed E-state index contributed by atoms with van der Waals surface area (Å²) in [5.74, 6) is 4.80. The number of aromatic carboxylic acids is 1. The molecular weight excluding hydrogens is 278 g/mol. The van der Waals surface area contributed by atoms with Crippen LogP contribution in [0.2, 0.25) is 0 Å². The Kier molecular flexibility index (Phi) is 5.74. The quantitative estimate of drug-likeness (QED) is 0.658. The van der Waals surface area contributed by atoms with E-state index in [1.165, 1.54) is 23.5 Å². The van der Waals surface area contributed by atoms with Crippen LogP contribution in [-0.2, 0) is 10.0 Å². The van der Waals surface area contributed by atoms with E-state index in [9.17, 15) is 13.2 Å². The number of carboxylic acid groups (broad SMARTS) is 1. The summed E-state index contributed by atoms with van der Waals surface area (Å²) in [4.78, 5) is 10.8. The van der Waals surface area contributed by atoms with Crippen molar-refractivity contribution in [2.75, 3.05) is 19.8 Å². The van der Waals surface area contributed by atoms with Gasteiger partial charge in [-0.25, -0.2) is 17.5 Å². The molecule has 0 atom stereocenters. The summed E-state index contributed by atoms with van der Waals surface area (Å²) in [6.45, 7) is 0.419. The van der Waals surface area contributed by atoms with Gasteiger partial charge in [-0.2, -0.15) is 0 Å². The normalized spacial score (nSPS) is 10.9. The molecule has 0 aliphatic heterocycles. The maximum absolute atomic E-state index is 11.2. The van der Waals surface area contributed by atoms with Gasteiger partial charge < -0.3 is 5.11 Å². The molecule has 1 rings (SSSR count). The fourth-order valence-corrected chi connectivity index (χ4v) is 1.91. The Morgan fingerprint density at radius 1 is 1.40 bits per heavy atom. The Bertz CT molecular complexity index is 641. The van der Waals surface area contributed by atoms with Crippen molar-refractivity contribution in [1.29, 1.82) is 0 Å². The Morgan fingerprint density at radius 2 is 2.10 bits per heavy atom. The first-order valence-corrected chi connectivity index (χ1v) is 7.89. The fraction of sp³-hybridized carbons (Fsp3) is 0.357. The molecule has 0 saturated heterocycles. The predicted octanol–water partition coefficient (Wildman–Crippen LogP) is 1.41. The van der Waals surface area contributed by atoms with Crippen molar-refractivity contribution >= 4 is 16.0 Å². The highest BCUT2D eigenvalue weighted by atomic mass is 32.2. The molecule has 0 fully saturated rings. The van der Waals surface area contributed by atoms with E-state index in [0.717, 1.165) is 6.26 Å². The minimum absolute atomic E-state index is 0.202. The van der Waals surface area contributed by atoms with Gasteiger partial charge in [0.2, 0.25) is 10.0 Å². The summed E-state index contributed by atoms with van der Waals surface area (Å²) < 4.78 is 23.6. The third-order valence-corrected chi connectivity index (χ3v) is 4.00. The number of nitrogens with zero attached hydrogens (tertiary/aromatic N) is 1. The number of hydrogen-bond acceptors (Lipinski definition) is 3. The summed E-state index contributed by atoms with van der Waals surface area (Å²) in [5, 5.41) is 8.85. The van der Waals surface area contributed by atoms with Crippen molar-refractivity contribution in [2.24, 2.45) is 0 Å². The average molecular weight is 295 g/mol. The van der Waals surface area contributed by atoms with Crippen molar-refractivity contribution in [1.82, 2.24) is 4.31 Å². The minimum Gasteiger partial charge on any atom is -0.478 e. The molecule has 0 radical (unpaired) electrons. The molecule has 1 aromatic rings. The molecule has 0 amide bonds. The third kappa shape index (κ3) is 5.43. The van der Waals surface area contributed by atoms with Gasteiger partial charge in [0, 0.05) is 25.6 Å². The molecule has 0 bridgehead atoms. The lowest BCUT2D eigenvalue weighted by Gasteiger charge is -2.12. The third-order valence-electron chi connectivity index (χ3n) is 2.68. The molecule has 0 aromatic heterocycles. The monoisotopic (exact) mass is 295 g/mol. The lowest BCUT2D eigenvalue weighted by Crippen LogP contribution is -2.26. The van der Waals surface area contributed by atoms with Gasteiger partial charge in [0.1, 0.15) is 0 Å². The molecule has 0 heterocycles. The van der Waals surface area contributed by atoms with E-state index in [4.69, 9.17) is 5.11 Å². The lowest BCUT2D eigenvalue weighted by atomic mass is 10.1. The van der Waals surface area contributed by atoms with Gasteiger partial charge in [-0.3, -0.25) is 0 Å². The van der Waals surface area contributed by atoms with Crippen LogP contribution in [-0.4, -0.2) is 43.6 Å². The van der Waals surface area contributed by atoms with Crippen LogP contribution < -0.4 is 0 Å². The zero-order valence-corrected chi connectivity index (χ0v) is 12.3. The van der Waals surface area contributed by atoms with Crippen molar-refractivity contribution in [3.8, 4) is 11.8 Å². The first-order valence-electron chi connectivity index (χ1n) is 6.04. The largest absolute Gasteiger partial charge is 0.478 e. The predicted molar refractivity (Wildman–Crippen MR) is 77.0 cm³/mol. The van der Waals surface area contributed by atoms with Gasteiger partial charge in [-0.05, 0) is 24.6 Å². The zero-order valence-electron chi connectivity index (χ0n) is 11.5. The molecule has 1 N–H and O–H groups in total. The van der Waals surface area contributed by atoms with E-state index >= 15 is 0 Å². The summed E-state index contributed by atoms with van der Waals surface area (Å²) >= 11 is 0. The van der Waals surface area contributed by atoms with Crippen molar-refractivity contribution in [3.05, 3.63) is 35.4 Å². The minimum atomic E-state index is -3.14. The number of rotatable bonds is 5. The van der Waals surface area contributed by atoms with Crippen LogP contribution >= 0.6 is 0 Å². The molecule has 0 unspecified atom stereocenters. The van der Waals surface area contributed by atoms with Gasteiger partial charge in [0.15, 0.2) is 0 Å². The Morgan fingerprint density at radius 3 is 2.70 bits per heavy atom. The molecule has 108 valence electrons. The van der Waals surface area contributed by atoms with Gasteiger partial charge in [0.25, 0.3) is 0 Å². The van der Waals surface area contributed by atoms with Crippen LogP contribution in [0.5, 0.6) is 0 Å². The Labute approximate surface area is 119 Å². The summed E-state index contributed by atoms with van der Waals surface area (Å²) in [5.41, 5.74) is 0.843. The van der Waals surface area contributed by atoms with Crippen molar-refractivity contribution in [2.45, 2.75) is 12.8 Å². The second kappa shape index (κ2) is 7.08. The number of benzene rings is 1. The van der Waals surface area contributed by atoms with Gasteiger partial charge in [0.05, 0.1) is 11.8 Å². The molecule has 0 saturated carbocycles. The molecule has 0 aliphatic rings. The lowest BCUT2D eigenvalue weighted by molar-refractivity contribution is 0.0697. The van der Waals surface area contributed by atoms with Gasteiger partial charge >= 0.3 is 5.97 Å². The number of unbranched alkanes of at least 4 members (excludes halogenated alkanes) is 1. The van der Waals surface area contributed by atoms with E-state index in [2.05, 4.69) is 11.8 Å². The Hall–Kier alpha value is -1.84. The standard InChI is InChI=1S/C14H17NO4S/c1-15(20(2,18)19)10-5-3-4-7-12-8-6-9-13(11-12)14(16)17/h6,8-9,11H,3,5,10H2,1-2H3,(H,16,17). The molecule has 1 aromatic carbocycles. The highest BCUT2D eigenvalue weighted by Gasteiger charge is 2.08. The summed E-state index contributed by atoms with van der Waals surface area (Å²) in [7, 11) is -1.61. The molecular formula is C14H17NO4S. The van der Waals surface area contributed by atoms with E-state index in [1.54, 1.807) is 12.1 Å². The van der Waals surface area contributed by atoms with Crippen LogP contribution in [0, 0.1) is 11.8 Å². The van der Waals surface area contributed by atoms with Crippen molar-refractivity contribution in [3.63, 3.8) is 0 Å². The molecule has 0 aliphatic carbocycles. The van der Waals surface area contributed by atoms with E-state index in [1.807, 2.05) is 0 Å². The van der Waals surface area contributed by atoms with E-state index in [-0.39, 0.29) is 5.56 Å². The number of carboxylic acids is 1. The maximum Gasteiger partial charge on any atom is 0.335 e.